The fraction of sp³-hybridized carbons (Fsp3) is 0.529. The Hall–Kier alpha value is -1.04. The maximum atomic E-state index is 2.44. The van der Waals surface area contributed by atoms with Gasteiger partial charge in [-0.05, 0) is 49.9 Å². The highest BCUT2D eigenvalue weighted by atomic mass is 14.5. The smallest absolute Gasteiger partial charge is 0.00728 e. The van der Waals surface area contributed by atoms with Crippen LogP contribution in [0.15, 0.2) is 47.6 Å². The van der Waals surface area contributed by atoms with Crippen molar-refractivity contribution in [3.05, 3.63) is 47.6 Å². The van der Waals surface area contributed by atoms with Gasteiger partial charge in [0.05, 0.1) is 0 Å². The first-order valence-corrected chi connectivity index (χ1v) is 6.96. The minimum absolute atomic E-state index is 0.489. The van der Waals surface area contributed by atoms with Gasteiger partial charge in [-0.25, -0.2) is 0 Å². The maximum Gasteiger partial charge on any atom is -0.00728 e. The largest absolute Gasteiger partial charge is 0.0808 e. The van der Waals surface area contributed by atoms with Gasteiger partial charge in [-0.2, -0.15) is 0 Å². The normalized spacial score (nSPS) is 39.2. The van der Waals surface area contributed by atoms with Crippen molar-refractivity contribution in [2.75, 3.05) is 0 Å². The highest BCUT2D eigenvalue weighted by Gasteiger charge is 2.45. The van der Waals surface area contributed by atoms with E-state index in [0.717, 1.165) is 11.8 Å². The van der Waals surface area contributed by atoms with Gasteiger partial charge in [0.25, 0.3) is 0 Å². The second-order valence-electron chi connectivity index (χ2n) is 5.93. The zero-order valence-corrected chi connectivity index (χ0v) is 10.9. The van der Waals surface area contributed by atoms with Crippen LogP contribution in [0.4, 0.5) is 0 Å². The van der Waals surface area contributed by atoms with Gasteiger partial charge >= 0.3 is 0 Å². The van der Waals surface area contributed by atoms with Crippen molar-refractivity contribution in [1.29, 1.82) is 0 Å². The Morgan fingerprint density at radius 3 is 2.76 bits per heavy atom. The predicted octanol–water partition coefficient (Wildman–Crippen LogP) is 4.81. The molecule has 0 aromatic rings. The summed E-state index contributed by atoms with van der Waals surface area (Å²) in [6, 6.07) is 0. The Kier molecular flexibility index (Phi) is 2.61. The molecule has 0 N–H and O–H groups in total. The van der Waals surface area contributed by atoms with Gasteiger partial charge in [0.1, 0.15) is 0 Å². The summed E-state index contributed by atoms with van der Waals surface area (Å²) in [6.07, 6.45) is 19.2. The molecule has 0 aliphatic heterocycles. The first-order chi connectivity index (χ1) is 8.25. The molecule has 0 spiro atoms. The molecule has 0 heteroatoms. The molecule has 3 aliphatic rings. The van der Waals surface area contributed by atoms with Crippen LogP contribution >= 0.6 is 0 Å². The molecule has 17 heavy (non-hydrogen) atoms. The van der Waals surface area contributed by atoms with Gasteiger partial charge in [-0.15, -0.1) is 0 Å². The molecule has 0 radical (unpaired) electrons. The summed E-state index contributed by atoms with van der Waals surface area (Å²) >= 11 is 0. The van der Waals surface area contributed by atoms with Gasteiger partial charge in [0, 0.05) is 0 Å². The van der Waals surface area contributed by atoms with E-state index < -0.39 is 0 Å². The van der Waals surface area contributed by atoms with Crippen LogP contribution in [0.5, 0.6) is 0 Å². The lowest BCUT2D eigenvalue weighted by molar-refractivity contribution is 0.336. The highest BCUT2D eigenvalue weighted by Crippen LogP contribution is 2.56. The molecular formula is C17H22. The topological polar surface area (TPSA) is 0 Å². The molecule has 0 aromatic carbocycles. The molecule has 0 bridgehead atoms. The molecule has 3 rings (SSSR count). The van der Waals surface area contributed by atoms with Crippen LogP contribution in [0.25, 0.3) is 0 Å². The van der Waals surface area contributed by atoms with Gasteiger partial charge in [0.2, 0.25) is 0 Å². The molecule has 1 saturated carbocycles. The molecule has 0 amide bonds. The Bertz CT molecular complexity index is 433. The number of rotatable bonds is 2. The number of allylic oxidation sites excluding steroid dienone is 8. The highest BCUT2D eigenvalue weighted by molar-refractivity contribution is 5.34. The molecule has 0 aromatic heterocycles. The standard InChI is InChI=1S/C17H22/c1-3-17(15-9-4-5-10-15)11-14-8-6-7-13(2)16(14)12-17/h4-9,14,16H,3,10-12H2,1-2H3. The molecule has 0 nitrogen and oxygen atoms in total. The average molecular weight is 226 g/mol. The second kappa shape index (κ2) is 4.01. The fourth-order valence-corrected chi connectivity index (χ4v) is 4.04. The van der Waals surface area contributed by atoms with Crippen LogP contribution in [0, 0.1) is 17.3 Å². The molecule has 3 atom stereocenters. The van der Waals surface area contributed by atoms with Crippen molar-refractivity contribution >= 4 is 0 Å². The van der Waals surface area contributed by atoms with Gasteiger partial charge < -0.3 is 0 Å². The summed E-state index contributed by atoms with van der Waals surface area (Å²) in [7, 11) is 0. The van der Waals surface area contributed by atoms with E-state index in [4.69, 9.17) is 0 Å². The van der Waals surface area contributed by atoms with Gasteiger partial charge in [-0.1, -0.05) is 54.5 Å². The van der Waals surface area contributed by atoms with Crippen molar-refractivity contribution in [3.8, 4) is 0 Å². The Morgan fingerprint density at radius 1 is 1.24 bits per heavy atom. The molecule has 90 valence electrons. The van der Waals surface area contributed by atoms with Crippen LogP contribution in [-0.4, -0.2) is 0 Å². The first kappa shape index (κ1) is 11.1. The van der Waals surface area contributed by atoms with Crippen molar-refractivity contribution in [2.24, 2.45) is 17.3 Å². The third-order valence-corrected chi connectivity index (χ3v) is 5.19. The maximum absolute atomic E-state index is 2.44. The van der Waals surface area contributed by atoms with Gasteiger partial charge in [0.15, 0.2) is 0 Å². The van der Waals surface area contributed by atoms with Crippen LogP contribution in [0.2, 0.25) is 0 Å². The van der Waals surface area contributed by atoms with E-state index in [0.29, 0.717) is 5.41 Å². The zero-order valence-electron chi connectivity index (χ0n) is 10.9. The summed E-state index contributed by atoms with van der Waals surface area (Å²) in [5.74, 6) is 1.60. The second-order valence-corrected chi connectivity index (χ2v) is 5.93. The monoisotopic (exact) mass is 226 g/mol. The fourth-order valence-electron chi connectivity index (χ4n) is 4.04. The van der Waals surface area contributed by atoms with Crippen molar-refractivity contribution < 1.29 is 0 Å². The predicted molar refractivity (Wildman–Crippen MR) is 73.7 cm³/mol. The molecule has 3 unspecified atom stereocenters. The molecular weight excluding hydrogens is 204 g/mol. The third-order valence-electron chi connectivity index (χ3n) is 5.19. The lowest BCUT2D eigenvalue weighted by Gasteiger charge is -2.30. The lowest BCUT2D eigenvalue weighted by atomic mass is 9.74. The van der Waals surface area contributed by atoms with Crippen molar-refractivity contribution in [1.82, 2.24) is 0 Å². The molecule has 0 saturated heterocycles. The van der Waals surface area contributed by atoms with E-state index in [-0.39, 0.29) is 0 Å². The first-order valence-electron chi connectivity index (χ1n) is 6.96. The van der Waals surface area contributed by atoms with Gasteiger partial charge in [-0.3, -0.25) is 0 Å². The van der Waals surface area contributed by atoms with E-state index in [1.807, 2.05) is 0 Å². The lowest BCUT2D eigenvalue weighted by Crippen LogP contribution is -2.18. The van der Waals surface area contributed by atoms with Crippen molar-refractivity contribution in [3.63, 3.8) is 0 Å². The van der Waals surface area contributed by atoms with E-state index in [1.54, 1.807) is 11.1 Å². The summed E-state index contributed by atoms with van der Waals surface area (Å²) in [5, 5.41) is 0. The van der Waals surface area contributed by atoms with Crippen LogP contribution in [0.3, 0.4) is 0 Å². The van der Waals surface area contributed by atoms with E-state index in [1.165, 1.54) is 25.7 Å². The average Bonchev–Trinajstić information content (AvgIpc) is 2.97. The quantitative estimate of drug-likeness (QED) is 0.633. The van der Waals surface area contributed by atoms with Crippen molar-refractivity contribution in [2.45, 2.75) is 39.5 Å². The van der Waals surface area contributed by atoms with Crippen LogP contribution in [-0.2, 0) is 0 Å². The number of hydrogen-bond donors (Lipinski definition) is 0. The Labute approximate surface area is 105 Å². The van der Waals surface area contributed by atoms with E-state index >= 15 is 0 Å². The summed E-state index contributed by atoms with van der Waals surface area (Å²) < 4.78 is 0. The summed E-state index contributed by atoms with van der Waals surface area (Å²) in [4.78, 5) is 0. The minimum Gasteiger partial charge on any atom is -0.0808 e. The molecule has 1 fully saturated rings. The Morgan fingerprint density at radius 2 is 2.12 bits per heavy atom. The summed E-state index contributed by atoms with van der Waals surface area (Å²) in [6.45, 7) is 4.69. The number of fused-ring (bicyclic) bond motifs is 1. The van der Waals surface area contributed by atoms with Crippen LogP contribution in [0.1, 0.15) is 39.5 Å². The molecule has 3 aliphatic carbocycles. The minimum atomic E-state index is 0.489. The zero-order chi connectivity index (χ0) is 11.9. The molecule has 0 heterocycles. The van der Waals surface area contributed by atoms with E-state index in [2.05, 4.69) is 50.3 Å². The number of hydrogen-bond acceptors (Lipinski definition) is 0. The third kappa shape index (κ3) is 1.66. The van der Waals surface area contributed by atoms with Crippen LogP contribution < -0.4 is 0 Å². The summed E-state index contributed by atoms with van der Waals surface area (Å²) in [5.41, 5.74) is 3.78. The van der Waals surface area contributed by atoms with E-state index in [9.17, 15) is 0 Å². The Balaban J connectivity index is 1.90. The SMILES string of the molecule is CCC1(C2=CC=CC2)CC2C=CC=C(C)C2C1.